The third kappa shape index (κ3) is 3.14. The Kier molecular flexibility index (Phi) is 4.43. The topological polar surface area (TPSA) is 82.2 Å². The van der Waals surface area contributed by atoms with Gasteiger partial charge in [0.2, 0.25) is 0 Å². The van der Waals surface area contributed by atoms with Crippen LogP contribution in [0.2, 0.25) is 0 Å². The van der Waals surface area contributed by atoms with Crippen LogP contribution < -0.4 is 5.69 Å². The average Bonchev–Trinajstić information content (AvgIpc) is 2.85. The predicted molar refractivity (Wildman–Crippen MR) is 70.9 cm³/mol. The van der Waals surface area contributed by atoms with E-state index in [4.69, 9.17) is 4.74 Å². The van der Waals surface area contributed by atoms with Crippen molar-refractivity contribution in [3.63, 3.8) is 0 Å². The highest BCUT2D eigenvalue weighted by molar-refractivity contribution is 5.75. The number of carbonyl (C=O) groups excluding carboxylic acids is 1. The number of nitrogens with zero attached hydrogens (tertiary/aromatic N) is 5. The van der Waals surface area contributed by atoms with E-state index in [0.29, 0.717) is 17.8 Å². The van der Waals surface area contributed by atoms with Crippen molar-refractivity contribution in [3.8, 4) is 5.69 Å². The summed E-state index contributed by atoms with van der Waals surface area (Å²) in [5.74, 6) is -0.516. The minimum Gasteiger partial charge on any atom is -0.383 e. The number of tetrazole rings is 1. The van der Waals surface area contributed by atoms with E-state index in [9.17, 15) is 14.0 Å². The van der Waals surface area contributed by atoms with Gasteiger partial charge in [0.25, 0.3) is 0 Å². The van der Waals surface area contributed by atoms with E-state index in [1.165, 1.54) is 37.3 Å². The van der Waals surface area contributed by atoms with Crippen LogP contribution in [0.5, 0.6) is 0 Å². The number of ether oxygens (including phenoxy) is 1. The Labute approximate surface area is 119 Å². The van der Waals surface area contributed by atoms with Crippen molar-refractivity contribution < 1.29 is 13.9 Å². The molecule has 0 saturated carbocycles. The van der Waals surface area contributed by atoms with E-state index in [2.05, 4.69) is 10.4 Å². The monoisotopic (exact) mass is 295 g/mol. The van der Waals surface area contributed by atoms with Crippen molar-refractivity contribution in [3.05, 3.63) is 40.6 Å². The van der Waals surface area contributed by atoms with Gasteiger partial charge in [0, 0.05) is 20.7 Å². The number of hydrogen-bond donors (Lipinski definition) is 0. The second-order valence-corrected chi connectivity index (χ2v) is 4.26. The molecule has 0 radical (unpaired) electrons. The van der Waals surface area contributed by atoms with E-state index >= 15 is 0 Å². The fourth-order valence-electron chi connectivity index (χ4n) is 1.62. The first kappa shape index (κ1) is 14.9. The fourth-order valence-corrected chi connectivity index (χ4v) is 1.62. The van der Waals surface area contributed by atoms with Crippen LogP contribution in [0, 0.1) is 5.82 Å². The standard InChI is InChI=1S/C12H14FN5O3/c1-16(6-7-21-2)11(19)18-12(20)17(14-15-18)10-5-3-4-9(13)8-10/h3-5,8H,6-7H2,1-2H3. The highest BCUT2D eigenvalue weighted by Crippen LogP contribution is 2.05. The Morgan fingerprint density at radius 2 is 2.19 bits per heavy atom. The van der Waals surface area contributed by atoms with Crippen LogP contribution in [0.25, 0.3) is 5.69 Å². The molecule has 2 aromatic rings. The summed E-state index contributed by atoms with van der Waals surface area (Å²) in [6.45, 7) is 0.629. The molecule has 21 heavy (non-hydrogen) atoms. The van der Waals surface area contributed by atoms with Crippen LogP contribution in [0.3, 0.4) is 0 Å². The highest BCUT2D eigenvalue weighted by Gasteiger charge is 2.18. The van der Waals surface area contributed by atoms with Gasteiger partial charge in [-0.2, -0.15) is 4.68 Å². The number of halogens is 1. The zero-order chi connectivity index (χ0) is 15.4. The molecule has 0 aliphatic heterocycles. The third-order valence-corrected chi connectivity index (χ3v) is 2.77. The van der Waals surface area contributed by atoms with Gasteiger partial charge in [-0.3, -0.25) is 0 Å². The minimum atomic E-state index is -0.769. The van der Waals surface area contributed by atoms with Crippen molar-refractivity contribution in [2.24, 2.45) is 0 Å². The summed E-state index contributed by atoms with van der Waals surface area (Å²) in [5.41, 5.74) is -0.575. The lowest BCUT2D eigenvalue weighted by Crippen LogP contribution is -2.40. The van der Waals surface area contributed by atoms with Gasteiger partial charge in [-0.15, -0.1) is 4.68 Å². The Hall–Kier alpha value is -2.55. The van der Waals surface area contributed by atoms with E-state index < -0.39 is 17.5 Å². The molecule has 2 rings (SSSR count). The molecule has 1 aromatic carbocycles. The normalized spacial score (nSPS) is 10.6. The van der Waals surface area contributed by atoms with Crippen LogP contribution in [-0.4, -0.2) is 58.0 Å². The van der Waals surface area contributed by atoms with Crippen molar-refractivity contribution in [1.29, 1.82) is 0 Å². The summed E-state index contributed by atoms with van der Waals surface area (Å²) in [6.07, 6.45) is 0. The molecule has 0 bridgehead atoms. The molecule has 0 saturated heterocycles. The van der Waals surface area contributed by atoms with E-state index in [-0.39, 0.29) is 5.69 Å². The van der Waals surface area contributed by atoms with Gasteiger partial charge in [-0.05, 0) is 28.6 Å². The predicted octanol–water partition coefficient (Wildman–Crippen LogP) is 0.114. The van der Waals surface area contributed by atoms with Crippen LogP contribution in [0.1, 0.15) is 0 Å². The van der Waals surface area contributed by atoms with Crippen molar-refractivity contribution in [2.45, 2.75) is 0 Å². The first-order chi connectivity index (χ1) is 10.0. The van der Waals surface area contributed by atoms with Gasteiger partial charge in [-0.25, -0.2) is 14.0 Å². The van der Waals surface area contributed by atoms with Gasteiger partial charge in [-0.1, -0.05) is 6.07 Å². The van der Waals surface area contributed by atoms with E-state index in [1.807, 2.05) is 0 Å². The average molecular weight is 295 g/mol. The molecule has 0 N–H and O–H groups in total. The van der Waals surface area contributed by atoms with Gasteiger partial charge in [0.1, 0.15) is 5.82 Å². The Bertz CT molecular complexity index is 696. The smallest absolute Gasteiger partial charge is 0.377 e. The number of carbonyl (C=O) groups is 1. The lowest BCUT2D eigenvalue weighted by molar-refractivity contribution is 0.158. The molecular formula is C12H14FN5O3. The number of likely N-dealkylation sites (N-methyl/N-ethyl adjacent to an activating group) is 1. The quantitative estimate of drug-likeness (QED) is 0.748. The van der Waals surface area contributed by atoms with Crippen molar-refractivity contribution in [2.75, 3.05) is 27.3 Å². The third-order valence-electron chi connectivity index (χ3n) is 2.77. The lowest BCUT2D eigenvalue weighted by Gasteiger charge is -2.14. The van der Waals surface area contributed by atoms with Crippen molar-refractivity contribution >= 4 is 6.03 Å². The summed E-state index contributed by atoms with van der Waals surface area (Å²) in [7, 11) is 3.01. The summed E-state index contributed by atoms with van der Waals surface area (Å²) >= 11 is 0. The van der Waals surface area contributed by atoms with E-state index in [1.54, 1.807) is 0 Å². The number of benzene rings is 1. The van der Waals surface area contributed by atoms with Crippen LogP contribution in [0.4, 0.5) is 9.18 Å². The fraction of sp³-hybridized carbons (Fsp3) is 0.333. The summed E-state index contributed by atoms with van der Waals surface area (Å²) in [4.78, 5) is 25.4. The van der Waals surface area contributed by atoms with Crippen LogP contribution in [-0.2, 0) is 4.74 Å². The molecule has 9 heteroatoms. The van der Waals surface area contributed by atoms with Gasteiger partial charge in [0.15, 0.2) is 0 Å². The molecule has 0 unspecified atom stereocenters. The molecule has 0 aliphatic rings. The van der Waals surface area contributed by atoms with Crippen LogP contribution in [0.15, 0.2) is 29.1 Å². The first-order valence-corrected chi connectivity index (χ1v) is 6.10. The highest BCUT2D eigenvalue weighted by atomic mass is 19.1. The second kappa shape index (κ2) is 6.27. The summed E-state index contributed by atoms with van der Waals surface area (Å²) in [5, 5.41) is 7.10. The number of hydrogen-bond acceptors (Lipinski definition) is 5. The zero-order valence-electron chi connectivity index (χ0n) is 11.6. The molecule has 0 aliphatic carbocycles. The van der Waals surface area contributed by atoms with Gasteiger partial charge in [0.05, 0.1) is 12.3 Å². The Balaban J connectivity index is 2.29. The van der Waals surface area contributed by atoms with E-state index in [0.717, 1.165) is 10.7 Å². The molecule has 1 heterocycles. The SMILES string of the molecule is COCCN(C)C(=O)n1nnn(-c2cccc(F)c2)c1=O. The van der Waals surface area contributed by atoms with Crippen molar-refractivity contribution in [1.82, 2.24) is 24.7 Å². The molecule has 1 amide bonds. The summed E-state index contributed by atoms with van der Waals surface area (Å²) in [6, 6.07) is 4.65. The number of rotatable bonds is 4. The molecular weight excluding hydrogens is 281 g/mol. The Morgan fingerprint density at radius 3 is 2.86 bits per heavy atom. The maximum Gasteiger partial charge on any atom is 0.377 e. The Morgan fingerprint density at radius 1 is 1.43 bits per heavy atom. The lowest BCUT2D eigenvalue weighted by atomic mass is 10.3. The van der Waals surface area contributed by atoms with Crippen LogP contribution >= 0.6 is 0 Å². The molecule has 0 fully saturated rings. The summed E-state index contributed by atoms with van der Waals surface area (Å²) < 4.78 is 19.5. The number of aromatic nitrogens is 4. The first-order valence-electron chi connectivity index (χ1n) is 6.10. The molecule has 1 aromatic heterocycles. The molecule has 112 valence electrons. The molecule has 0 atom stereocenters. The van der Waals surface area contributed by atoms with Gasteiger partial charge >= 0.3 is 11.7 Å². The van der Waals surface area contributed by atoms with Gasteiger partial charge < -0.3 is 9.64 Å². The maximum absolute atomic E-state index is 13.2. The number of amides is 1. The minimum absolute atomic E-state index is 0.193. The largest absolute Gasteiger partial charge is 0.383 e. The molecule has 0 spiro atoms. The number of methoxy groups -OCH3 is 1. The maximum atomic E-state index is 13.2. The second-order valence-electron chi connectivity index (χ2n) is 4.26. The zero-order valence-corrected chi connectivity index (χ0v) is 11.6. The molecule has 8 nitrogen and oxygen atoms in total.